The first-order valence-corrected chi connectivity index (χ1v) is 6.82. The Morgan fingerprint density at radius 3 is 3.06 bits per heavy atom. The number of halogens is 1. The lowest BCUT2D eigenvalue weighted by Crippen LogP contribution is -2.31. The first-order valence-electron chi connectivity index (χ1n) is 5.84. The van der Waals surface area contributed by atoms with Crippen molar-refractivity contribution in [3.63, 3.8) is 0 Å². The Morgan fingerprint density at radius 1 is 1.44 bits per heavy atom. The van der Waals surface area contributed by atoms with Crippen LogP contribution in [-0.2, 0) is 0 Å². The Bertz CT molecular complexity index is 342. The van der Waals surface area contributed by atoms with E-state index in [0.717, 1.165) is 12.3 Å². The third kappa shape index (κ3) is 2.58. The second kappa shape index (κ2) is 5.69. The van der Waals surface area contributed by atoms with Crippen LogP contribution < -0.4 is 5.32 Å². The van der Waals surface area contributed by atoms with Crippen LogP contribution in [0.1, 0.15) is 24.9 Å². The lowest BCUT2D eigenvalue weighted by molar-refractivity contribution is 0.383. The summed E-state index contributed by atoms with van der Waals surface area (Å²) in [6.07, 6.45) is 0.610. The highest BCUT2D eigenvalue weighted by atomic mass is 32.2. The number of benzene rings is 1. The third-order valence-electron chi connectivity index (χ3n) is 3.00. The normalized spacial score (nSPS) is 24.1. The molecule has 1 aromatic carbocycles. The van der Waals surface area contributed by atoms with Crippen LogP contribution in [0, 0.1) is 5.92 Å². The molecule has 0 aliphatic carbocycles. The molecule has 1 N–H and O–H groups in total. The van der Waals surface area contributed by atoms with Crippen molar-refractivity contribution in [2.24, 2.45) is 5.92 Å². The SMILES string of the molecule is CC1CSc2ccccc2C1NCCCF. The van der Waals surface area contributed by atoms with Crippen LogP contribution in [0.5, 0.6) is 0 Å². The van der Waals surface area contributed by atoms with Crippen LogP contribution in [0.15, 0.2) is 29.2 Å². The zero-order valence-electron chi connectivity index (χ0n) is 9.58. The van der Waals surface area contributed by atoms with Gasteiger partial charge in [0.05, 0.1) is 6.67 Å². The summed E-state index contributed by atoms with van der Waals surface area (Å²) < 4.78 is 12.1. The molecular formula is C13H18FNS. The van der Waals surface area contributed by atoms with Gasteiger partial charge in [-0.05, 0) is 30.5 Å². The molecule has 0 aromatic heterocycles. The fourth-order valence-electron chi connectivity index (χ4n) is 2.13. The lowest BCUT2D eigenvalue weighted by Gasteiger charge is -2.31. The molecule has 2 atom stereocenters. The van der Waals surface area contributed by atoms with Crippen molar-refractivity contribution >= 4 is 11.8 Å². The van der Waals surface area contributed by atoms with Crippen molar-refractivity contribution in [1.29, 1.82) is 0 Å². The van der Waals surface area contributed by atoms with Crippen molar-refractivity contribution in [1.82, 2.24) is 5.32 Å². The van der Waals surface area contributed by atoms with Crippen LogP contribution in [0.3, 0.4) is 0 Å². The first kappa shape index (κ1) is 11.9. The Morgan fingerprint density at radius 2 is 2.25 bits per heavy atom. The standard InChI is InChI=1S/C13H18FNS/c1-10-9-16-12-6-3-2-5-11(12)13(10)15-8-4-7-14/h2-3,5-6,10,13,15H,4,7-9H2,1H3. The van der Waals surface area contributed by atoms with Crippen molar-refractivity contribution in [3.05, 3.63) is 29.8 Å². The highest BCUT2D eigenvalue weighted by Gasteiger charge is 2.25. The predicted molar refractivity (Wildman–Crippen MR) is 67.7 cm³/mol. The van der Waals surface area contributed by atoms with Gasteiger partial charge in [-0.25, -0.2) is 0 Å². The van der Waals surface area contributed by atoms with Gasteiger partial charge in [0, 0.05) is 16.7 Å². The Labute approximate surface area is 101 Å². The van der Waals surface area contributed by atoms with E-state index in [1.165, 1.54) is 10.5 Å². The number of thioether (sulfide) groups is 1. The van der Waals surface area contributed by atoms with E-state index in [1.807, 2.05) is 11.8 Å². The summed E-state index contributed by atoms with van der Waals surface area (Å²) in [4.78, 5) is 1.37. The summed E-state index contributed by atoms with van der Waals surface area (Å²) in [5.41, 5.74) is 1.38. The maximum atomic E-state index is 12.1. The molecule has 1 aliphatic rings. The maximum absolute atomic E-state index is 12.1. The molecule has 2 unspecified atom stereocenters. The summed E-state index contributed by atoms with van der Waals surface area (Å²) in [5.74, 6) is 1.75. The van der Waals surface area contributed by atoms with E-state index in [0.29, 0.717) is 18.4 Å². The number of fused-ring (bicyclic) bond motifs is 1. The van der Waals surface area contributed by atoms with Crippen LogP contribution >= 0.6 is 11.8 Å². The molecule has 0 radical (unpaired) electrons. The van der Waals surface area contributed by atoms with Gasteiger partial charge in [-0.2, -0.15) is 0 Å². The second-order valence-electron chi connectivity index (χ2n) is 4.30. The van der Waals surface area contributed by atoms with Gasteiger partial charge in [-0.15, -0.1) is 11.8 Å². The van der Waals surface area contributed by atoms with Gasteiger partial charge in [-0.3, -0.25) is 4.39 Å². The Balaban J connectivity index is 2.10. The third-order valence-corrected chi connectivity index (χ3v) is 4.37. The number of alkyl halides is 1. The van der Waals surface area contributed by atoms with Gasteiger partial charge in [0.25, 0.3) is 0 Å². The van der Waals surface area contributed by atoms with Gasteiger partial charge < -0.3 is 5.32 Å². The minimum atomic E-state index is -0.232. The topological polar surface area (TPSA) is 12.0 Å². The summed E-state index contributed by atoms with van der Waals surface area (Å²) in [6.45, 7) is 2.80. The molecule has 0 amide bonds. The molecule has 1 aliphatic heterocycles. The van der Waals surface area contributed by atoms with E-state index in [1.54, 1.807) is 0 Å². The van der Waals surface area contributed by atoms with E-state index in [9.17, 15) is 4.39 Å². The minimum Gasteiger partial charge on any atom is -0.310 e. The van der Waals surface area contributed by atoms with Crippen molar-refractivity contribution in [2.45, 2.75) is 24.3 Å². The van der Waals surface area contributed by atoms with Gasteiger partial charge in [0.2, 0.25) is 0 Å². The van der Waals surface area contributed by atoms with Crippen LogP contribution in [0.25, 0.3) is 0 Å². The monoisotopic (exact) mass is 239 g/mol. The van der Waals surface area contributed by atoms with E-state index >= 15 is 0 Å². The molecule has 16 heavy (non-hydrogen) atoms. The highest BCUT2D eigenvalue weighted by molar-refractivity contribution is 7.99. The van der Waals surface area contributed by atoms with E-state index in [-0.39, 0.29) is 6.67 Å². The number of hydrogen-bond acceptors (Lipinski definition) is 2. The Hall–Kier alpha value is -0.540. The molecule has 0 saturated heterocycles. The fourth-order valence-corrected chi connectivity index (χ4v) is 3.30. The van der Waals surface area contributed by atoms with Crippen LogP contribution in [0.4, 0.5) is 4.39 Å². The van der Waals surface area contributed by atoms with Crippen molar-refractivity contribution in [3.8, 4) is 0 Å². The molecule has 1 aromatic rings. The van der Waals surface area contributed by atoms with Crippen LogP contribution in [-0.4, -0.2) is 19.0 Å². The zero-order chi connectivity index (χ0) is 11.4. The summed E-state index contributed by atoms with van der Waals surface area (Å²) in [7, 11) is 0. The summed E-state index contributed by atoms with van der Waals surface area (Å²) in [6, 6.07) is 8.92. The second-order valence-corrected chi connectivity index (χ2v) is 5.36. The van der Waals surface area contributed by atoms with Gasteiger partial charge >= 0.3 is 0 Å². The average molecular weight is 239 g/mol. The molecule has 88 valence electrons. The minimum absolute atomic E-state index is 0.232. The molecular weight excluding hydrogens is 221 g/mol. The number of hydrogen-bond donors (Lipinski definition) is 1. The summed E-state index contributed by atoms with van der Waals surface area (Å²) >= 11 is 1.93. The molecule has 0 bridgehead atoms. The van der Waals surface area contributed by atoms with E-state index < -0.39 is 0 Å². The maximum Gasteiger partial charge on any atom is 0.0906 e. The molecule has 2 rings (SSSR count). The predicted octanol–water partition coefficient (Wildman–Crippen LogP) is 3.42. The largest absolute Gasteiger partial charge is 0.310 e. The fraction of sp³-hybridized carbons (Fsp3) is 0.538. The van der Waals surface area contributed by atoms with Crippen molar-refractivity contribution in [2.75, 3.05) is 19.0 Å². The molecule has 3 heteroatoms. The molecule has 0 spiro atoms. The van der Waals surface area contributed by atoms with Gasteiger partial charge in [0.15, 0.2) is 0 Å². The summed E-state index contributed by atoms with van der Waals surface area (Å²) in [5, 5.41) is 3.48. The Kier molecular flexibility index (Phi) is 4.24. The molecule has 0 fully saturated rings. The van der Waals surface area contributed by atoms with E-state index in [2.05, 4.69) is 36.5 Å². The average Bonchev–Trinajstić information content (AvgIpc) is 2.32. The molecule has 0 saturated carbocycles. The highest BCUT2D eigenvalue weighted by Crippen LogP contribution is 2.39. The first-order chi connectivity index (χ1) is 7.83. The molecule has 1 heterocycles. The van der Waals surface area contributed by atoms with Crippen LogP contribution in [0.2, 0.25) is 0 Å². The quantitative estimate of drug-likeness (QED) is 0.808. The van der Waals surface area contributed by atoms with Gasteiger partial charge in [-0.1, -0.05) is 25.1 Å². The zero-order valence-corrected chi connectivity index (χ0v) is 10.4. The molecule has 1 nitrogen and oxygen atoms in total. The number of rotatable bonds is 4. The van der Waals surface area contributed by atoms with E-state index in [4.69, 9.17) is 0 Å². The lowest BCUT2D eigenvalue weighted by atomic mass is 9.95. The smallest absolute Gasteiger partial charge is 0.0906 e. The van der Waals surface area contributed by atoms with Gasteiger partial charge in [0.1, 0.15) is 0 Å². The van der Waals surface area contributed by atoms with Crippen molar-refractivity contribution < 1.29 is 4.39 Å². The number of nitrogens with one attached hydrogen (secondary N) is 1.